The van der Waals surface area contributed by atoms with E-state index in [-0.39, 0.29) is 0 Å². The molecule has 4 rings (SSSR count). The van der Waals surface area contributed by atoms with Gasteiger partial charge in [-0.05, 0) is 23.7 Å². The molecule has 0 radical (unpaired) electrons. The van der Waals surface area contributed by atoms with Crippen LogP contribution in [-0.4, -0.2) is 18.9 Å². The molecule has 20 heavy (non-hydrogen) atoms. The van der Waals surface area contributed by atoms with Gasteiger partial charge in [-0.2, -0.15) is 0 Å². The van der Waals surface area contributed by atoms with Gasteiger partial charge in [-0.15, -0.1) is 0 Å². The fourth-order valence-corrected chi connectivity index (χ4v) is 2.75. The van der Waals surface area contributed by atoms with Crippen molar-refractivity contribution in [1.29, 1.82) is 0 Å². The molecule has 0 unspecified atom stereocenters. The first-order chi connectivity index (χ1) is 9.92. The molecule has 0 bridgehead atoms. The quantitative estimate of drug-likeness (QED) is 0.563. The zero-order chi connectivity index (χ0) is 13.4. The number of imidazole rings is 1. The van der Waals surface area contributed by atoms with Gasteiger partial charge in [0, 0.05) is 28.7 Å². The lowest BCUT2D eigenvalue weighted by Gasteiger charge is -2.07. The Bertz CT molecular complexity index is 864. The van der Waals surface area contributed by atoms with Gasteiger partial charge in [-0.25, -0.2) is 9.36 Å². The van der Waals surface area contributed by atoms with Crippen molar-refractivity contribution in [3.8, 4) is 17.1 Å². The molecule has 0 amide bonds. The Kier molecular flexibility index (Phi) is 2.57. The lowest BCUT2D eigenvalue weighted by Crippen LogP contribution is -1.96. The Labute approximate surface area is 119 Å². The largest absolute Gasteiger partial charge is 0.298 e. The van der Waals surface area contributed by atoms with Crippen LogP contribution in [0.25, 0.3) is 28.0 Å². The van der Waals surface area contributed by atoms with Crippen LogP contribution in [0.3, 0.4) is 0 Å². The van der Waals surface area contributed by atoms with Crippen LogP contribution in [0.1, 0.15) is 0 Å². The van der Waals surface area contributed by atoms with Crippen LogP contribution in [0.4, 0.5) is 0 Å². The number of fused-ring (bicyclic) bond motifs is 1. The number of para-hydroxylation sites is 1. The number of aromatic nitrogens is 4. The summed E-state index contributed by atoms with van der Waals surface area (Å²) in [4.78, 5) is 8.91. The molecule has 4 nitrogen and oxygen atoms in total. The highest BCUT2D eigenvalue weighted by molar-refractivity contribution is 7.03. The van der Waals surface area contributed by atoms with Crippen molar-refractivity contribution < 1.29 is 0 Å². The molecule has 0 saturated heterocycles. The molecular formula is C15H10N4S. The van der Waals surface area contributed by atoms with E-state index in [2.05, 4.69) is 26.5 Å². The number of rotatable bonds is 2. The number of hydrogen-bond donors (Lipinski definition) is 0. The predicted octanol–water partition coefficient (Wildman–Crippen LogP) is 3.54. The molecule has 0 aliphatic rings. The third-order valence-electron chi connectivity index (χ3n) is 3.19. The van der Waals surface area contributed by atoms with Crippen LogP contribution in [0.15, 0.2) is 60.5 Å². The first-order valence-electron chi connectivity index (χ1n) is 6.20. The van der Waals surface area contributed by atoms with E-state index in [0.717, 1.165) is 28.0 Å². The lowest BCUT2D eigenvalue weighted by molar-refractivity contribution is 1.06. The maximum absolute atomic E-state index is 4.50. The molecule has 0 atom stereocenters. The SMILES string of the molecule is c1ccc2ncc(-n3ccnc3-c3cnsc3)cc2c1. The Morgan fingerprint density at radius 1 is 1.05 bits per heavy atom. The van der Waals surface area contributed by atoms with E-state index in [1.54, 1.807) is 6.20 Å². The Morgan fingerprint density at radius 3 is 2.90 bits per heavy atom. The third kappa shape index (κ3) is 1.80. The monoisotopic (exact) mass is 278 g/mol. The van der Waals surface area contributed by atoms with Crippen LogP contribution >= 0.6 is 11.5 Å². The van der Waals surface area contributed by atoms with E-state index < -0.39 is 0 Å². The fourth-order valence-electron chi connectivity index (χ4n) is 2.23. The molecule has 1 aromatic carbocycles. The second kappa shape index (κ2) is 4.54. The van der Waals surface area contributed by atoms with Crippen LogP contribution < -0.4 is 0 Å². The van der Waals surface area contributed by atoms with Crippen LogP contribution in [0.5, 0.6) is 0 Å². The van der Waals surface area contributed by atoms with E-state index >= 15 is 0 Å². The van der Waals surface area contributed by atoms with Gasteiger partial charge in [0.25, 0.3) is 0 Å². The minimum absolute atomic E-state index is 0.885. The second-order valence-electron chi connectivity index (χ2n) is 4.42. The van der Waals surface area contributed by atoms with Crippen molar-refractivity contribution in [2.45, 2.75) is 0 Å². The molecule has 0 fully saturated rings. The molecule has 0 aliphatic heterocycles. The average Bonchev–Trinajstić information content (AvgIpc) is 3.17. The second-order valence-corrected chi connectivity index (χ2v) is 5.08. The van der Waals surface area contributed by atoms with Gasteiger partial charge in [0.15, 0.2) is 0 Å². The summed E-state index contributed by atoms with van der Waals surface area (Å²) in [5.41, 5.74) is 3.02. The smallest absolute Gasteiger partial charge is 0.146 e. The Morgan fingerprint density at radius 2 is 2.00 bits per heavy atom. The maximum Gasteiger partial charge on any atom is 0.146 e. The minimum atomic E-state index is 0.885. The number of nitrogens with zero attached hydrogens (tertiary/aromatic N) is 4. The van der Waals surface area contributed by atoms with Gasteiger partial charge < -0.3 is 0 Å². The molecule has 0 aliphatic carbocycles. The number of hydrogen-bond acceptors (Lipinski definition) is 4. The Hall–Kier alpha value is -2.53. The van der Waals surface area contributed by atoms with Gasteiger partial charge in [0.2, 0.25) is 0 Å². The first kappa shape index (κ1) is 11.3. The van der Waals surface area contributed by atoms with E-state index in [9.17, 15) is 0 Å². The van der Waals surface area contributed by atoms with E-state index in [4.69, 9.17) is 0 Å². The summed E-state index contributed by atoms with van der Waals surface area (Å²) in [7, 11) is 0. The molecule has 0 saturated carbocycles. The summed E-state index contributed by atoms with van der Waals surface area (Å²) in [5, 5.41) is 3.11. The molecular weight excluding hydrogens is 268 g/mol. The van der Waals surface area contributed by atoms with Crippen molar-refractivity contribution in [3.63, 3.8) is 0 Å². The maximum atomic E-state index is 4.50. The summed E-state index contributed by atoms with van der Waals surface area (Å²) in [5.74, 6) is 0.885. The summed E-state index contributed by atoms with van der Waals surface area (Å²) in [6, 6.07) is 10.2. The van der Waals surface area contributed by atoms with Gasteiger partial charge in [0.1, 0.15) is 5.82 Å². The molecule has 0 N–H and O–H groups in total. The highest BCUT2D eigenvalue weighted by Gasteiger charge is 2.09. The minimum Gasteiger partial charge on any atom is -0.298 e. The van der Waals surface area contributed by atoms with Crippen molar-refractivity contribution >= 4 is 22.4 Å². The highest BCUT2D eigenvalue weighted by Crippen LogP contribution is 2.23. The summed E-state index contributed by atoms with van der Waals surface area (Å²) < 4.78 is 6.17. The lowest BCUT2D eigenvalue weighted by atomic mass is 10.2. The average molecular weight is 278 g/mol. The van der Waals surface area contributed by atoms with Crippen molar-refractivity contribution in [3.05, 3.63) is 60.5 Å². The topological polar surface area (TPSA) is 43.6 Å². The zero-order valence-electron chi connectivity index (χ0n) is 10.5. The van der Waals surface area contributed by atoms with Crippen molar-refractivity contribution in [1.82, 2.24) is 18.9 Å². The summed E-state index contributed by atoms with van der Waals surface area (Å²) in [6.45, 7) is 0. The van der Waals surface area contributed by atoms with Crippen molar-refractivity contribution in [2.24, 2.45) is 0 Å². The van der Waals surface area contributed by atoms with Gasteiger partial charge in [-0.1, -0.05) is 18.2 Å². The molecule has 3 heterocycles. The van der Waals surface area contributed by atoms with E-state index in [1.165, 1.54) is 11.5 Å². The zero-order valence-corrected chi connectivity index (χ0v) is 11.3. The van der Waals surface area contributed by atoms with E-state index in [1.807, 2.05) is 46.7 Å². The fraction of sp³-hybridized carbons (Fsp3) is 0. The predicted molar refractivity (Wildman–Crippen MR) is 80.0 cm³/mol. The molecule has 0 spiro atoms. The van der Waals surface area contributed by atoms with Gasteiger partial charge in [0.05, 0.1) is 23.6 Å². The van der Waals surface area contributed by atoms with Crippen LogP contribution in [0.2, 0.25) is 0 Å². The summed E-state index contributed by atoms with van der Waals surface area (Å²) >= 11 is 1.43. The standard InChI is InChI=1S/C15H10N4S/c1-2-4-14-11(3-1)7-13(9-17-14)19-6-5-16-15(19)12-8-18-20-10-12/h1-10H. The van der Waals surface area contributed by atoms with Crippen LogP contribution in [-0.2, 0) is 0 Å². The number of benzene rings is 1. The van der Waals surface area contributed by atoms with Gasteiger partial charge in [-0.3, -0.25) is 9.55 Å². The third-order valence-corrected chi connectivity index (χ3v) is 3.77. The van der Waals surface area contributed by atoms with Gasteiger partial charge >= 0.3 is 0 Å². The molecule has 5 heteroatoms. The molecule has 96 valence electrons. The summed E-state index contributed by atoms with van der Waals surface area (Å²) in [6.07, 6.45) is 7.44. The molecule has 4 aromatic rings. The molecule has 3 aromatic heterocycles. The Balaban J connectivity index is 1.90. The van der Waals surface area contributed by atoms with Crippen LogP contribution in [0, 0.1) is 0 Å². The first-order valence-corrected chi connectivity index (χ1v) is 7.04. The van der Waals surface area contributed by atoms with Crippen molar-refractivity contribution in [2.75, 3.05) is 0 Å². The highest BCUT2D eigenvalue weighted by atomic mass is 32.1. The normalized spacial score (nSPS) is 11.0. The number of pyridine rings is 1. The van der Waals surface area contributed by atoms with E-state index in [0.29, 0.717) is 0 Å².